The van der Waals surface area contributed by atoms with E-state index in [-0.39, 0.29) is 0 Å². The lowest BCUT2D eigenvalue weighted by Gasteiger charge is -2.08. The molecule has 0 saturated carbocycles. The summed E-state index contributed by atoms with van der Waals surface area (Å²) in [5.74, 6) is -0.873. The van der Waals surface area contributed by atoms with Crippen molar-refractivity contribution < 1.29 is 9.90 Å². The highest BCUT2D eigenvalue weighted by Crippen LogP contribution is 2.36. The zero-order valence-electron chi connectivity index (χ0n) is 10.5. The van der Waals surface area contributed by atoms with Crippen LogP contribution in [0.2, 0.25) is 0 Å². The Balaban J connectivity index is 2.37. The van der Waals surface area contributed by atoms with Gasteiger partial charge in [0.05, 0.1) is 5.56 Å². The number of aromatic carboxylic acids is 1. The van der Waals surface area contributed by atoms with E-state index in [0.29, 0.717) is 5.56 Å². The minimum atomic E-state index is -0.873. The molecule has 0 amide bonds. The number of benzene rings is 3. The molecule has 0 fully saturated rings. The van der Waals surface area contributed by atoms with Gasteiger partial charge in [0.1, 0.15) is 0 Å². The molecule has 2 nitrogen and oxygen atoms in total. The number of carboxylic acids is 1. The number of carboxylic acid groups (broad SMARTS) is 1. The summed E-state index contributed by atoms with van der Waals surface area (Å²) >= 11 is 1.58. The molecule has 20 heavy (non-hydrogen) atoms. The van der Waals surface area contributed by atoms with Crippen LogP contribution in [0.5, 0.6) is 0 Å². The van der Waals surface area contributed by atoms with Crippen molar-refractivity contribution in [3.8, 4) is 0 Å². The van der Waals surface area contributed by atoms with E-state index in [1.165, 1.54) is 0 Å². The van der Waals surface area contributed by atoms with Crippen LogP contribution in [0.4, 0.5) is 0 Å². The van der Waals surface area contributed by atoms with Crippen molar-refractivity contribution >= 4 is 48.9 Å². The first kappa shape index (κ1) is 11.4. The fraction of sp³-hybridized carbons (Fsp3) is 0. The van der Waals surface area contributed by atoms with Gasteiger partial charge >= 0.3 is 5.97 Å². The fourth-order valence-electron chi connectivity index (χ4n) is 2.81. The minimum absolute atomic E-state index is 0.381. The van der Waals surface area contributed by atoms with Gasteiger partial charge < -0.3 is 5.11 Å². The smallest absolute Gasteiger partial charge is 0.336 e. The maximum atomic E-state index is 11.6. The second-order valence-corrected chi connectivity index (χ2v) is 5.72. The molecule has 1 N–H and O–H groups in total. The predicted octanol–water partition coefficient (Wildman–Crippen LogP) is 4.91. The highest BCUT2D eigenvalue weighted by molar-refractivity contribution is 7.17. The molecule has 0 saturated heterocycles. The molecule has 0 aliphatic carbocycles. The minimum Gasteiger partial charge on any atom is -0.478 e. The van der Waals surface area contributed by atoms with Gasteiger partial charge in [-0.3, -0.25) is 0 Å². The van der Waals surface area contributed by atoms with E-state index in [1.54, 1.807) is 17.4 Å². The molecule has 0 spiro atoms. The topological polar surface area (TPSA) is 37.3 Å². The molecule has 0 aliphatic rings. The SMILES string of the molecule is O=C(O)c1cc2sccc2c2ccc3ccccc3c12. The highest BCUT2D eigenvalue weighted by Gasteiger charge is 2.15. The number of fused-ring (bicyclic) bond motifs is 5. The van der Waals surface area contributed by atoms with Crippen LogP contribution in [0, 0.1) is 0 Å². The average molecular weight is 278 g/mol. The molecule has 3 aromatic carbocycles. The summed E-state index contributed by atoms with van der Waals surface area (Å²) in [6, 6.07) is 15.9. The average Bonchev–Trinajstić information content (AvgIpc) is 2.94. The molecule has 3 heteroatoms. The van der Waals surface area contributed by atoms with Crippen molar-refractivity contribution in [2.45, 2.75) is 0 Å². The quantitative estimate of drug-likeness (QED) is 0.502. The zero-order chi connectivity index (χ0) is 13.7. The summed E-state index contributed by atoms with van der Waals surface area (Å²) in [4.78, 5) is 11.6. The number of hydrogen-bond donors (Lipinski definition) is 1. The van der Waals surface area contributed by atoms with Crippen molar-refractivity contribution in [1.82, 2.24) is 0 Å². The lowest BCUT2D eigenvalue weighted by atomic mass is 9.96. The molecule has 0 aliphatic heterocycles. The molecule has 0 atom stereocenters. The third kappa shape index (κ3) is 1.47. The summed E-state index contributed by atoms with van der Waals surface area (Å²) in [5, 5.41) is 16.6. The van der Waals surface area contributed by atoms with Crippen molar-refractivity contribution in [2.24, 2.45) is 0 Å². The van der Waals surface area contributed by atoms with Gasteiger partial charge in [-0.25, -0.2) is 4.79 Å². The van der Waals surface area contributed by atoms with Gasteiger partial charge in [0.25, 0.3) is 0 Å². The van der Waals surface area contributed by atoms with Crippen LogP contribution < -0.4 is 0 Å². The van der Waals surface area contributed by atoms with Crippen molar-refractivity contribution in [3.05, 3.63) is 59.5 Å². The zero-order valence-corrected chi connectivity index (χ0v) is 11.3. The molecular weight excluding hydrogens is 268 g/mol. The van der Waals surface area contributed by atoms with Gasteiger partial charge in [0.2, 0.25) is 0 Å². The lowest BCUT2D eigenvalue weighted by molar-refractivity contribution is 0.0699. The van der Waals surface area contributed by atoms with Crippen LogP contribution in [0.1, 0.15) is 10.4 Å². The molecule has 1 aromatic heterocycles. The first-order valence-corrected chi connectivity index (χ1v) is 7.18. The van der Waals surface area contributed by atoms with E-state index in [2.05, 4.69) is 12.1 Å². The van der Waals surface area contributed by atoms with Gasteiger partial charge in [-0.15, -0.1) is 11.3 Å². The molecule has 4 aromatic rings. The van der Waals surface area contributed by atoms with Crippen LogP contribution in [-0.4, -0.2) is 11.1 Å². The Hall–Kier alpha value is -2.39. The maximum absolute atomic E-state index is 11.6. The van der Waals surface area contributed by atoms with Crippen LogP contribution in [-0.2, 0) is 0 Å². The van der Waals surface area contributed by atoms with E-state index in [0.717, 1.165) is 31.6 Å². The Morgan fingerprint density at radius 3 is 2.65 bits per heavy atom. The number of thiophene rings is 1. The number of carbonyl (C=O) groups is 1. The van der Waals surface area contributed by atoms with Crippen molar-refractivity contribution in [3.63, 3.8) is 0 Å². The number of hydrogen-bond acceptors (Lipinski definition) is 2. The molecule has 4 rings (SSSR count). The Morgan fingerprint density at radius 1 is 0.950 bits per heavy atom. The molecular formula is C17H10O2S. The summed E-state index contributed by atoms with van der Waals surface area (Å²) in [6.45, 7) is 0. The maximum Gasteiger partial charge on any atom is 0.336 e. The van der Waals surface area contributed by atoms with E-state index in [9.17, 15) is 9.90 Å². The lowest BCUT2D eigenvalue weighted by Crippen LogP contribution is -1.98. The largest absolute Gasteiger partial charge is 0.478 e. The predicted molar refractivity (Wildman–Crippen MR) is 83.8 cm³/mol. The Bertz CT molecular complexity index is 982. The third-order valence-corrected chi connectivity index (χ3v) is 4.55. The van der Waals surface area contributed by atoms with Crippen LogP contribution in [0.15, 0.2) is 53.9 Å². The molecule has 0 unspecified atom stereocenters. The molecule has 0 bridgehead atoms. The summed E-state index contributed by atoms with van der Waals surface area (Å²) in [7, 11) is 0. The van der Waals surface area contributed by atoms with E-state index >= 15 is 0 Å². The monoisotopic (exact) mass is 278 g/mol. The Morgan fingerprint density at radius 2 is 1.80 bits per heavy atom. The molecule has 1 heterocycles. The van der Waals surface area contributed by atoms with Crippen LogP contribution in [0.25, 0.3) is 31.6 Å². The number of rotatable bonds is 1. The normalized spacial score (nSPS) is 11.4. The second-order valence-electron chi connectivity index (χ2n) is 4.77. The summed E-state index contributed by atoms with van der Waals surface area (Å²) in [6.07, 6.45) is 0. The first-order valence-electron chi connectivity index (χ1n) is 6.30. The standard InChI is InChI=1S/C17H10O2S/c18-17(19)14-9-15-12(7-8-20-15)13-6-5-10-3-1-2-4-11(10)16(13)14/h1-9H,(H,18,19). The van der Waals surface area contributed by atoms with Gasteiger partial charge in [-0.2, -0.15) is 0 Å². The van der Waals surface area contributed by atoms with Gasteiger partial charge in [0, 0.05) is 15.5 Å². The summed E-state index contributed by atoms with van der Waals surface area (Å²) < 4.78 is 1.02. The molecule has 96 valence electrons. The van der Waals surface area contributed by atoms with Gasteiger partial charge in [-0.1, -0.05) is 36.4 Å². The van der Waals surface area contributed by atoms with E-state index in [4.69, 9.17) is 0 Å². The Labute approximate surface area is 118 Å². The van der Waals surface area contributed by atoms with Crippen LogP contribution in [0.3, 0.4) is 0 Å². The Kier molecular flexibility index (Phi) is 2.32. The fourth-order valence-corrected chi connectivity index (χ4v) is 3.65. The third-order valence-electron chi connectivity index (χ3n) is 3.69. The van der Waals surface area contributed by atoms with Gasteiger partial charge in [0.15, 0.2) is 0 Å². The molecule has 0 radical (unpaired) electrons. The van der Waals surface area contributed by atoms with Gasteiger partial charge in [-0.05, 0) is 33.7 Å². The van der Waals surface area contributed by atoms with Crippen molar-refractivity contribution in [2.75, 3.05) is 0 Å². The van der Waals surface area contributed by atoms with Crippen LogP contribution >= 0.6 is 11.3 Å². The first-order chi connectivity index (χ1) is 9.75. The second kappa shape index (κ2) is 4.05. The highest BCUT2D eigenvalue weighted by atomic mass is 32.1. The van der Waals surface area contributed by atoms with E-state index in [1.807, 2.05) is 35.7 Å². The van der Waals surface area contributed by atoms with Crippen molar-refractivity contribution in [1.29, 1.82) is 0 Å². The summed E-state index contributed by atoms with van der Waals surface area (Å²) in [5.41, 5.74) is 0.381. The van der Waals surface area contributed by atoms with E-state index < -0.39 is 5.97 Å².